The lowest BCUT2D eigenvalue weighted by molar-refractivity contribution is -0.123. The van der Waals surface area contributed by atoms with Crippen LogP contribution in [-0.4, -0.2) is 38.9 Å². The molecule has 1 saturated heterocycles. The van der Waals surface area contributed by atoms with Crippen LogP contribution in [0.25, 0.3) is 0 Å². The first kappa shape index (κ1) is 15.5. The second-order valence-corrected chi connectivity index (χ2v) is 6.39. The Kier molecular flexibility index (Phi) is 5.11. The first-order valence-corrected chi connectivity index (χ1v) is 8.30. The van der Waals surface area contributed by atoms with Crippen molar-refractivity contribution in [2.24, 2.45) is 5.92 Å². The highest BCUT2D eigenvalue weighted by Gasteiger charge is 2.24. The summed E-state index contributed by atoms with van der Waals surface area (Å²) < 4.78 is 11.0. The Bertz CT molecular complexity index is 511. The molecule has 22 heavy (non-hydrogen) atoms. The van der Waals surface area contributed by atoms with Crippen molar-refractivity contribution in [1.29, 1.82) is 0 Å². The summed E-state index contributed by atoms with van der Waals surface area (Å²) in [6.45, 7) is 5.40. The average Bonchev–Trinajstić information content (AvgIpc) is 2.98. The molecule has 2 atom stereocenters. The van der Waals surface area contributed by atoms with E-state index in [1.54, 1.807) is 0 Å². The van der Waals surface area contributed by atoms with Crippen LogP contribution in [-0.2, 0) is 14.3 Å². The summed E-state index contributed by atoms with van der Waals surface area (Å²) in [5.74, 6) is 1.02. The third kappa shape index (κ3) is 3.50. The van der Waals surface area contributed by atoms with E-state index in [-0.39, 0.29) is 12.5 Å². The molecule has 0 radical (unpaired) electrons. The maximum atomic E-state index is 12.6. The predicted molar refractivity (Wildman–Crippen MR) is 86.2 cm³/mol. The van der Waals surface area contributed by atoms with Gasteiger partial charge in [-0.3, -0.25) is 4.79 Å². The van der Waals surface area contributed by atoms with Crippen molar-refractivity contribution >= 4 is 11.6 Å². The Balaban J connectivity index is 1.62. The molecule has 0 spiro atoms. The molecule has 0 bridgehead atoms. The van der Waals surface area contributed by atoms with Crippen molar-refractivity contribution < 1.29 is 14.3 Å². The third-order valence-corrected chi connectivity index (χ3v) is 4.68. The fraction of sp³-hybridized carbons (Fsp3) is 0.611. The minimum Gasteiger partial charge on any atom is -0.381 e. The summed E-state index contributed by atoms with van der Waals surface area (Å²) in [6.07, 6.45) is 3.21. The molecule has 0 aliphatic carbocycles. The van der Waals surface area contributed by atoms with Gasteiger partial charge in [0.25, 0.3) is 5.91 Å². The fourth-order valence-electron chi connectivity index (χ4n) is 3.35. The molecule has 4 nitrogen and oxygen atoms in total. The van der Waals surface area contributed by atoms with Crippen LogP contribution in [0.4, 0.5) is 5.69 Å². The number of anilines is 1. The second kappa shape index (κ2) is 7.25. The molecule has 120 valence electrons. The van der Waals surface area contributed by atoms with Crippen molar-refractivity contribution in [1.82, 2.24) is 0 Å². The standard InChI is InChI=1S/C18H25NO3/c1-14-5-4-9-19(17-7-3-2-6-16(14)17)18(20)13-22-12-15-8-10-21-11-15/h2-3,6-7,14-15H,4-5,8-13H2,1H3/t14-,15+/m0/s1. The van der Waals surface area contributed by atoms with Crippen LogP contribution in [0.1, 0.15) is 37.7 Å². The number of amides is 1. The van der Waals surface area contributed by atoms with Crippen LogP contribution >= 0.6 is 0 Å². The molecule has 0 unspecified atom stereocenters. The number of carbonyl (C=O) groups is 1. The maximum absolute atomic E-state index is 12.6. The number of hydrogen-bond acceptors (Lipinski definition) is 3. The molecule has 1 aromatic carbocycles. The van der Waals surface area contributed by atoms with E-state index in [4.69, 9.17) is 9.47 Å². The van der Waals surface area contributed by atoms with Crippen molar-refractivity contribution in [3.63, 3.8) is 0 Å². The number of rotatable bonds is 4. The van der Waals surface area contributed by atoms with Gasteiger partial charge in [0.1, 0.15) is 6.61 Å². The zero-order valence-corrected chi connectivity index (χ0v) is 13.3. The van der Waals surface area contributed by atoms with E-state index in [1.807, 2.05) is 11.0 Å². The van der Waals surface area contributed by atoms with Gasteiger partial charge in [-0.2, -0.15) is 0 Å². The van der Waals surface area contributed by atoms with Gasteiger partial charge in [0.05, 0.1) is 13.2 Å². The number of para-hydroxylation sites is 1. The summed E-state index contributed by atoms with van der Waals surface area (Å²) in [7, 11) is 0. The molecule has 1 amide bonds. The highest BCUT2D eigenvalue weighted by molar-refractivity contribution is 5.95. The average molecular weight is 303 g/mol. The summed E-state index contributed by atoms with van der Waals surface area (Å²) >= 11 is 0. The summed E-state index contributed by atoms with van der Waals surface area (Å²) in [5, 5.41) is 0. The molecule has 4 heteroatoms. The van der Waals surface area contributed by atoms with Gasteiger partial charge in [0.15, 0.2) is 0 Å². The van der Waals surface area contributed by atoms with Gasteiger partial charge >= 0.3 is 0 Å². The van der Waals surface area contributed by atoms with Crippen LogP contribution in [0.2, 0.25) is 0 Å². The lowest BCUT2D eigenvalue weighted by atomic mass is 9.96. The molecular weight excluding hydrogens is 278 g/mol. The van der Waals surface area contributed by atoms with Crippen LogP contribution in [0, 0.1) is 5.92 Å². The van der Waals surface area contributed by atoms with Crippen molar-refractivity contribution in [2.45, 2.75) is 32.1 Å². The maximum Gasteiger partial charge on any atom is 0.252 e. The summed E-state index contributed by atoms with van der Waals surface area (Å²) in [6, 6.07) is 8.26. The minimum atomic E-state index is 0.0699. The Labute approximate surface area is 132 Å². The molecular formula is C18H25NO3. The summed E-state index contributed by atoms with van der Waals surface area (Å²) in [5.41, 5.74) is 2.34. The van der Waals surface area contributed by atoms with Gasteiger partial charge in [-0.15, -0.1) is 0 Å². The summed E-state index contributed by atoms with van der Waals surface area (Å²) in [4.78, 5) is 14.5. The molecule has 0 N–H and O–H groups in total. The predicted octanol–water partition coefficient (Wildman–Crippen LogP) is 2.97. The first-order valence-electron chi connectivity index (χ1n) is 8.30. The third-order valence-electron chi connectivity index (χ3n) is 4.68. The quantitative estimate of drug-likeness (QED) is 0.858. The van der Waals surface area contributed by atoms with Gasteiger partial charge in [0, 0.05) is 24.8 Å². The van der Waals surface area contributed by atoms with E-state index in [0.717, 1.165) is 44.7 Å². The number of ether oxygens (including phenoxy) is 2. The molecule has 0 saturated carbocycles. The molecule has 0 aromatic heterocycles. The monoisotopic (exact) mass is 303 g/mol. The molecule has 2 aliphatic heterocycles. The van der Waals surface area contributed by atoms with Gasteiger partial charge in [0.2, 0.25) is 0 Å². The molecule has 1 fully saturated rings. The van der Waals surface area contributed by atoms with E-state index in [1.165, 1.54) is 5.56 Å². The Morgan fingerprint density at radius 2 is 2.23 bits per heavy atom. The van der Waals surface area contributed by atoms with Crippen molar-refractivity contribution in [3.8, 4) is 0 Å². The smallest absolute Gasteiger partial charge is 0.252 e. The Hall–Kier alpha value is -1.39. The van der Waals surface area contributed by atoms with Crippen LogP contribution in [0.5, 0.6) is 0 Å². The zero-order chi connectivity index (χ0) is 15.4. The van der Waals surface area contributed by atoms with Gasteiger partial charge in [-0.05, 0) is 36.8 Å². The zero-order valence-electron chi connectivity index (χ0n) is 13.3. The van der Waals surface area contributed by atoms with Gasteiger partial charge < -0.3 is 14.4 Å². The number of carbonyl (C=O) groups excluding carboxylic acids is 1. The van der Waals surface area contributed by atoms with Crippen molar-refractivity contribution in [3.05, 3.63) is 29.8 Å². The van der Waals surface area contributed by atoms with E-state index in [0.29, 0.717) is 18.4 Å². The van der Waals surface area contributed by atoms with E-state index < -0.39 is 0 Å². The number of benzene rings is 1. The minimum absolute atomic E-state index is 0.0699. The van der Waals surface area contributed by atoms with Crippen LogP contribution in [0.3, 0.4) is 0 Å². The van der Waals surface area contributed by atoms with Crippen molar-refractivity contribution in [2.75, 3.05) is 37.9 Å². The van der Waals surface area contributed by atoms with Crippen LogP contribution < -0.4 is 4.90 Å². The number of hydrogen-bond donors (Lipinski definition) is 0. The lowest BCUT2D eigenvalue weighted by Gasteiger charge is -2.23. The molecule has 1 aromatic rings. The SMILES string of the molecule is C[C@H]1CCCN(C(=O)COC[C@@H]2CCOC2)c2ccccc21. The fourth-order valence-corrected chi connectivity index (χ4v) is 3.35. The number of nitrogens with zero attached hydrogens (tertiary/aromatic N) is 1. The largest absolute Gasteiger partial charge is 0.381 e. The second-order valence-electron chi connectivity index (χ2n) is 6.39. The highest BCUT2D eigenvalue weighted by Crippen LogP contribution is 2.33. The van der Waals surface area contributed by atoms with Gasteiger partial charge in [-0.1, -0.05) is 25.1 Å². The molecule has 2 aliphatic rings. The highest BCUT2D eigenvalue weighted by atomic mass is 16.5. The Morgan fingerprint density at radius 1 is 1.36 bits per heavy atom. The number of fused-ring (bicyclic) bond motifs is 1. The normalized spacial score (nSPS) is 24.9. The van der Waals surface area contributed by atoms with E-state index >= 15 is 0 Å². The first-order chi connectivity index (χ1) is 10.8. The van der Waals surface area contributed by atoms with E-state index in [2.05, 4.69) is 25.1 Å². The van der Waals surface area contributed by atoms with E-state index in [9.17, 15) is 4.79 Å². The van der Waals surface area contributed by atoms with Crippen LogP contribution in [0.15, 0.2) is 24.3 Å². The lowest BCUT2D eigenvalue weighted by Crippen LogP contribution is -2.35. The Morgan fingerprint density at radius 3 is 3.05 bits per heavy atom. The molecule has 3 rings (SSSR count). The van der Waals surface area contributed by atoms with Gasteiger partial charge in [-0.25, -0.2) is 0 Å². The molecule has 2 heterocycles. The topological polar surface area (TPSA) is 38.8 Å².